The number of aromatic nitrogens is 1. The lowest BCUT2D eigenvalue weighted by molar-refractivity contribution is -0.138. The summed E-state index contributed by atoms with van der Waals surface area (Å²) in [6.07, 6.45) is 14.3. The number of nitrogens with zero attached hydrogens (tertiary/aromatic N) is 3. The summed E-state index contributed by atoms with van der Waals surface area (Å²) in [5.74, 6) is -0.961. The molecule has 0 spiro atoms. The summed E-state index contributed by atoms with van der Waals surface area (Å²) in [5, 5.41) is 20.8. The van der Waals surface area contributed by atoms with Crippen molar-refractivity contribution in [2.45, 2.75) is 122 Å². The van der Waals surface area contributed by atoms with Crippen LogP contribution in [0.15, 0.2) is 59.4 Å². The third kappa shape index (κ3) is 9.37. The Morgan fingerprint density at radius 3 is 2.31 bits per heavy atom. The van der Waals surface area contributed by atoms with Crippen LogP contribution < -0.4 is 24.4 Å². The van der Waals surface area contributed by atoms with Crippen molar-refractivity contribution in [2.75, 3.05) is 11.4 Å². The molecule has 2 unspecified atom stereocenters. The van der Waals surface area contributed by atoms with Gasteiger partial charge in [-0.3, -0.25) is 28.6 Å². The Labute approximate surface area is 352 Å². The van der Waals surface area contributed by atoms with Crippen LogP contribution in [0.1, 0.15) is 114 Å². The minimum absolute atomic E-state index is 0.107. The van der Waals surface area contributed by atoms with Crippen LogP contribution in [0.3, 0.4) is 0 Å². The maximum atomic E-state index is 13.8. The number of fused-ring (bicyclic) bond motifs is 4. The first kappa shape index (κ1) is 41.7. The molecular weight excluding hydrogens is 791 g/mol. The number of hydrogen-bond acceptors (Lipinski definition) is 9. The average molecular weight is 842 g/mol. The van der Waals surface area contributed by atoms with Crippen LogP contribution in [-0.4, -0.2) is 60.5 Å². The van der Waals surface area contributed by atoms with Crippen molar-refractivity contribution < 1.29 is 29.3 Å². The third-order valence-electron chi connectivity index (χ3n) is 11.3. The van der Waals surface area contributed by atoms with Crippen LogP contribution in [0.25, 0.3) is 21.8 Å². The van der Waals surface area contributed by atoms with E-state index in [-0.39, 0.29) is 18.4 Å². The number of carboxylic acids is 2. The Bertz CT molecular complexity index is 2400. The molecule has 1 saturated carbocycles. The molecule has 3 aliphatic rings. The van der Waals surface area contributed by atoms with Gasteiger partial charge >= 0.3 is 11.9 Å². The third-order valence-corrected chi connectivity index (χ3v) is 14.0. The number of hydrogen-bond donors (Lipinski definition) is 2. The molecule has 0 radical (unpaired) electrons. The van der Waals surface area contributed by atoms with Gasteiger partial charge in [0.15, 0.2) is 0 Å². The van der Waals surface area contributed by atoms with E-state index in [9.17, 15) is 24.3 Å². The Balaban J connectivity index is 1.08. The molecule has 306 valence electrons. The van der Waals surface area contributed by atoms with E-state index in [0.717, 1.165) is 128 Å². The molecule has 2 aliphatic heterocycles. The topological polar surface area (TPSA) is 129 Å². The first-order valence-corrected chi connectivity index (χ1v) is 22.6. The van der Waals surface area contributed by atoms with Gasteiger partial charge in [-0.2, -0.15) is 0 Å². The molecular formula is C45H51N3O7S3. The molecule has 10 nitrogen and oxygen atoms in total. The number of amides is 1. The number of aliphatic carboxylic acids is 2. The van der Waals surface area contributed by atoms with Gasteiger partial charge < -0.3 is 19.8 Å². The number of anilines is 2. The first-order chi connectivity index (χ1) is 28.0. The highest BCUT2D eigenvalue weighted by Gasteiger charge is 2.42. The highest BCUT2D eigenvalue weighted by Crippen LogP contribution is 2.52. The highest BCUT2D eigenvalue weighted by atomic mass is 32.2. The molecule has 4 aromatic rings. The summed E-state index contributed by atoms with van der Waals surface area (Å²) in [5.41, 5.74) is 4.00. The molecule has 2 N–H and O–H groups in total. The second-order valence-corrected chi connectivity index (χ2v) is 18.5. The normalized spacial score (nSPS) is 18.8. The fourth-order valence-corrected chi connectivity index (χ4v) is 11.2. The molecule has 1 aromatic heterocycles. The van der Waals surface area contributed by atoms with Gasteiger partial charge in [-0.15, -0.1) is 11.3 Å². The summed E-state index contributed by atoms with van der Waals surface area (Å²) < 4.78 is 8.24. The van der Waals surface area contributed by atoms with E-state index in [1.807, 2.05) is 32.1 Å². The van der Waals surface area contributed by atoms with E-state index in [2.05, 4.69) is 47.4 Å². The quantitative estimate of drug-likeness (QED) is 0.0744. The van der Waals surface area contributed by atoms with E-state index in [1.54, 1.807) is 4.90 Å². The SMILES string of the molecule is CC(C)Oc1ccc2cc(N3c4ccc(/C=c5\s/c(=C6/SC(=S)N(CCCCCCCCCCCC(=O)O)C6=O)n(CC(=O)O)c5=O)cc4C4CCCC43)ccc2c1. The molecule has 0 bridgehead atoms. The van der Waals surface area contributed by atoms with Crippen LogP contribution in [0.4, 0.5) is 11.4 Å². The molecule has 1 amide bonds. The average Bonchev–Trinajstić information content (AvgIpc) is 3.92. The lowest BCUT2D eigenvalue weighted by Gasteiger charge is -2.27. The summed E-state index contributed by atoms with van der Waals surface area (Å²) in [7, 11) is 0. The maximum Gasteiger partial charge on any atom is 0.323 e. The van der Waals surface area contributed by atoms with Crippen molar-refractivity contribution in [2.24, 2.45) is 0 Å². The summed E-state index contributed by atoms with van der Waals surface area (Å²) >= 11 is 7.90. The number of ether oxygens (including phenoxy) is 1. The standard InChI is InChI=1S/C45H51N3O7S3/c1-28(2)55-33-20-18-30-25-32(19-17-31(30)26-33)48-36-14-12-13-34(36)35-23-29(16-21-37(35)48)24-38-42(53)47(27-40(51)52)44(57-38)41-43(54)46(45(56)58-41)22-11-9-7-5-3-4-6-8-10-15-39(49)50/h16-21,23-26,28,34,36H,3-15,22,27H2,1-2H3,(H,49,50)(H,51,52)/b38-24-,44-41+. The van der Waals surface area contributed by atoms with E-state index in [0.29, 0.717) is 36.9 Å². The number of thiazole rings is 1. The monoisotopic (exact) mass is 841 g/mol. The van der Waals surface area contributed by atoms with Crippen LogP contribution in [0.2, 0.25) is 0 Å². The van der Waals surface area contributed by atoms with Gasteiger partial charge in [0, 0.05) is 36.3 Å². The number of carbonyl (C=O) groups excluding carboxylic acids is 1. The van der Waals surface area contributed by atoms with Gasteiger partial charge in [-0.05, 0) is 104 Å². The smallest absolute Gasteiger partial charge is 0.323 e. The predicted molar refractivity (Wildman–Crippen MR) is 237 cm³/mol. The summed E-state index contributed by atoms with van der Waals surface area (Å²) in [4.78, 5) is 54.6. The molecule has 1 aliphatic carbocycles. The van der Waals surface area contributed by atoms with Crippen molar-refractivity contribution in [3.05, 3.63) is 85.3 Å². The van der Waals surface area contributed by atoms with Gasteiger partial charge in [-0.1, -0.05) is 93.5 Å². The second-order valence-electron chi connectivity index (χ2n) is 15.8. The predicted octanol–water partition coefficient (Wildman–Crippen LogP) is 8.51. The molecule has 13 heteroatoms. The van der Waals surface area contributed by atoms with E-state index in [4.69, 9.17) is 22.1 Å². The number of thiocarbonyl (C=S) groups is 1. The Hall–Kier alpha value is -4.46. The fourth-order valence-electron chi connectivity index (χ4n) is 8.63. The Morgan fingerprint density at radius 2 is 1.59 bits per heavy atom. The van der Waals surface area contributed by atoms with Crippen LogP contribution in [0.5, 0.6) is 5.75 Å². The Kier molecular flexibility index (Phi) is 13.4. The minimum atomic E-state index is -1.16. The fraction of sp³-hybridized carbons (Fsp3) is 0.444. The van der Waals surface area contributed by atoms with Gasteiger partial charge in [0.25, 0.3) is 11.5 Å². The molecule has 7 rings (SSSR count). The molecule has 58 heavy (non-hydrogen) atoms. The number of unbranched alkanes of at least 4 members (excludes halogenated alkanes) is 8. The van der Waals surface area contributed by atoms with Gasteiger partial charge in [-0.25, -0.2) is 0 Å². The molecule has 3 aromatic carbocycles. The van der Waals surface area contributed by atoms with E-state index < -0.39 is 24.0 Å². The van der Waals surface area contributed by atoms with Crippen LogP contribution >= 0.6 is 35.3 Å². The van der Waals surface area contributed by atoms with E-state index >= 15 is 0 Å². The van der Waals surface area contributed by atoms with Crippen molar-refractivity contribution in [1.29, 1.82) is 0 Å². The number of rotatable bonds is 18. The lowest BCUT2D eigenvalue weighted by atomic mass is 9.96. The number of carboxylic acid groups (broad SMARTS) is 2. The maximum absolute atomic E-state index is 13.8. The minimum Gasteiger partial charge on any atom is -0.491 e. The van der Waals surface area contributed by atoms with Gasteiger partial charge in [0.2, 0.25) is 0 Å². The molecule has 3 heterocycles. The van der Waals surface area contributed by atoms with Crippen LogP contribution in [0, 0.1) is 0 Å². The zero-order chi connectivity index (χ0) is 40.9. The largest absolute Gasteiger partial charge is 0.491 e. The van der Waals surface area contributed by atoms with Gasteiger partial charge in [0.05, 0.1) is 10.6 Å². The Morgan fingerprint density at radius 1 is 0.879 bits per heavy atom. The first-order valence-electron chi connectivity index (χ1n) is 20.5. The van der Waals surface area contributed by atoms with Crippen molar-refractivity contribution in [1.82, 2.24) is 9.47 Å². The van der Waals surface area contributed by atoms with Crippen molar-refractivity contribution in [3.8, 4) is 5.75 Å². The molecule has 2 atom stereocenters. The molecule has 1 saturated heterocycles. The highest BCUT2D eigenvalue weighted by molar-refractivity contribution is 8.30. The van der Waals surface area contributed by atoms with Gasteiger partial charge in [0.1, 0.15) is 26.2 Å². The number of carbonyl (C=O) groups is 3. The number of benzene rings is 3. The van der Waals surface area contributed by atoms with Crippen molar-refractivity contribution >= 4 is 90.6 Å². The van der Waals surface area contributed by atoms with E-state index in [1.165, 1.54) is 15.8 Å². The summed E-state index contributed by atoms with van der Waals surface area (Å²) in [6, 6.07) is 19.5. The molecule has 2 fully saturated rings. The zero-order valence-corrected chi connectivity index (χ0v) is 35.6. The lowest BCUT2D eigenvalue weighted by Crippen LogP contribution is -2.35. The van der Waals surface area contributed by atoms with Crippen LogP contribution in [-0.2, 0) is 20.9 Å². The second kappa shape index (κ2) is 18.6. The summed E-state index contributed by atoms with van der Waals surface area (Å²) in [6.45, 7) is 3.97. The van der Waals surface area contributed by atoms with Crippen molar-refractivity contribution in [3.63, 3.8) is 0 Å². The zero-order valence-electron chi connectivity index (χ0n) is 33.1. The number of thioether (sulfide) groups is 1.